The van der Waals surface area contributed by atoms with E-state index in [0.29, 0.717) is 23.6 Å². The SMILES string of the molecule is CCOC(=O)C#Cc1nc(C=O)cs1. The summed E-state index contributed by atoms with van der Waals surface area (Å²) in [6.45, 7) is 2.00. The lowest BCUT2D eigenvalue weighted by Crippen LogP contribution is -1.99. The van der Waals surface area contributed by atoms with E-state index in [4.69, 9.17) is 0 Å². The standard InChI is InChI=1S/C9H7NO3S/c1-2-13-9(12)4-3-8-10-7(5-11)6-14-8/h5-6H,2H2,1H3. The number of esters is 1. The number of hydrogen-bond acceptors (Lipinski definition) is 5. The summed E-state index contributed by atoms with van der Waals surface area (Å²) in [4.78, 5) is 24.9. The van der Waals surface area contributed by atoms with Crippen molar-refractivity contribution in [3.8, 4) is 11.8 Å². The molecule has 0 aromatic carbocycles. The third-order valence-corrected chi connectivity index (χ3v) is 1.97. The first-order chi connectivity index (χ1) is 6.76. The summed E-state index contributed by atoms with van der Waals surface area (Å²) in [6, 6.07) is 0. The van der Waals surface area contributed by atoms with E-state index in [-0.39, 0.29) is 0 Å². The third kappa shape index (κ3) is 2.99. The van der Waals surface area contributed by atoms with Crippen molar-refractivity contribution in [2.75, 3.05) is 6.61 Å². The first-order valence-corrected chi connectivity index (χ1v) is 4.73. The van der Waals surface area contributed by atoms with Crippen LogP contribution in [-0.4, -0.2) is 23.8 Å². The predicted molar refractivity (Wildman–Crippen MR) is 51.0 cm³/mol. The molecule has 0 spiro atoms. The molecule has 0 aliphatic carbocycles. The van der Waals surface area contributed by atoms with E-state index in [2.05, 4.69) is 21.6 Å². The van der Waals surface area contributed by atoms with Crippen LogP contribution in [0.25, 0.3) is 0 Å². The first kappa shape index (κ1) is 10.4. The molecule has 0 saturated heterocycles. The number of aromatic nitrogens is 1. The minimum atomic E-state index is -0.588. The summed E-state index contributed by atoms with van der Waals surface area (Å²) in [5.41, 5.74) is 0.322. The van der Waals surface area contributed by atoms with Crippen LogP contribution < -0.4 is 0 Å². The Balaban J connectivity index is 2.67. The molecule has 14 heavy (non-hydrogen) atoms. The minimum absolute atomic E-state index is 0.297. The van der Waals surface area contributed by atoms with Gasteiger partial charge in [-0.25, -0.2) is 9.78 Å². The predicted octanol–water partition coefficient (Wildman–Crippen LogP) is 0.870. The summed E-state index contributed by atoms with van der Waals surface area (Å²) >= 11 is 1.21. The van der Waals surface area contributed by atoms with Gasteiger partial charge in [0.1, 0.15) is 5.69 Å². The molecule has 0 atom stereocenters. The molecule has 0 N–H and O–H groups in total. The quantitative estimate of drug-likeness (QED) is 0.412. The second-order valence-electron chi connectivity index (χ2n) is 2.17. The van der Waals surface area contributed by atoms with Gasteiger partial charge < -0.3 is 4.74 Å². The van der Waals surface area contributed by atoms with Gasteiger partial charge in [-0.3, -0.25) is 4.79 Å². The maximum atomic E-state index is 10.8. The molecule has 1 rings (SSSR count). The van der Waals surface area contributed by atoms with Crippen LogP contribution in [-0.2, 0) is 9.53 Å². The Hall–Kier alpha value is -1.67. The smallest absolute Gasteiger partial charge is 0.384 e. The summed E-state index contributed by atoms with van der Waals surface area (Å²) in [5.74, 6) is 4.18. The van der Waals surface area contributed by atoms with Crippen LogP contribution in [0.1, 0.15) is 22.4 Å². The molecule has 5 heteroatoms. The zero-order valence-corrected chi connectivity index (χ0v) is 8.26. The molecule has 0 bridgehead atoms. The Morgan fingerprint density at radius 3 is 3.14 bits per heavy atom. The van der Waals surface area contributed by atoms with Crippen molar-refractivity contribution in [3.63, 3.8) is 0 Å². The molecule has 0 aliphatic heterocycles. The van der Waals surface area contributed by atoms with Crippen LogP contribution in [0, 0.1) is 11.8 Å². The normalized spacial score (nSPS) is 8.64. The van der Waals surface area contributed by atoms with Gasteiger partial charge >= 0.3 is 5.97 Å². The number of carbonyl (C=O) groups is 2. The average molecular weight is 209 g/mol. The van der Waals surface area contributed by atoms with Crippen LogP contribution in [0.4, 0.5) is 0 Å². The van der Waals surface area contributed by atoms with Crippen molar-refractivity contribution >= 4 is 23.6 Å². The molecule has 0 unspecified atom stereocenters. The summed E-state index contributed by atoms with van der Waals surface area (Å²) in [5, 5.41) is 2.00. The van der Waals surface area contributed by atoms with Gasteiger partial charge in [0, 0.05) is 11.3 Å². The van der Waals surface area contributed by atoms with Gasteiger partial charge in [0.2, 0.25) is 0 Å². The Kier molecular flexibility index (Phi) is 3.83. The topological polar surface area (TPSA) is 56.3 Å². The molecule has 4 nitrogen and oxygen atoms in total. The van der Waals surface area contributed by atoms with Gasteiger partial charge in [-0.2, -0.15) is 0 Å². The molecule has 0 saturated carbocycles. The molecule has 0 fully saturated rings. The number of nitrogens with zero attached hydrogens (tertiary/aromatic N) is 1. The number of carbonyl (C=O) groups excluding carboxylic acids is 2. The highest BCUT2D eigenvalue weighted by Gasteiger charge is 1.98. The minimum Gasteiger partial charge on any atom is -0.456 e. The van der Waals surface area contributed by atoms with Gasteiger partial charge in [0.25, 0.3) is 0 Å². The van der Waals surface area contributed by atoms with Crippen LogP contribution in [0.2, 0.25) is 0 Å². The Bertz CT molecular complexity index is 400. The van der Waals surface area contributed by atoms with Crippen LogP contribution in [0.3, 0.4) is 0 Å². The lowest BCUT2D eigenvalue weighted by molar-refractivity contribution is -0.136. The fourth-order valence-electron chi connectivity index (χ4n) is 0.669. The zero-order chi connectivity index (χ0) is 10.4. The highest BCUT2D eigenvalue weighted by atomic mass is 32.1. The number of aldehydes is 1. The van der Waals surface area contributed by atoms with Crippen molar-refractivity contribution in [2.45, 2.75) is 6.92 Å². The fourth-order valence-corrected chi connectivity index (χ4v) is 1.28. The summed E-state index contributed by atoms with van der Waals surface area (Å²) in [7, 11) is 0. The second-order valence-corrected chi connectivity index (χ2v) is 3.02. The van der Waals surface area contributed by atoms with E-state index >= 15 is 0 Å². The van der Waals surface area contributed by atoms with Gasteiger partial charge in [0.15, 0.2) is 11.3 Å². The Labute approximate surface area is 84.9 Å². The molecule has 0 aliphatic rings. The average Bonchev–Trinajstić information content (AvgIpc) is 2.63. The Morgan fingerprint density at radius 2 is 2.57 bits per heavy atom. The van der Waals surface area contributed by atoms with Crippen LogP contribution in [0.15, 0.2) is 5.38 Å². The highest BCUT2D eigenvalue weighted by molar-refractivity contribution is 7.10. The number of thiazole rings is 1. The van der Waals surface area contributed by atoms with Gasteiger partial charge in [-0.1, -0.05) is 0 Å². The number of rotatable bonds is 2. The van der Waals surface area contributed by atoms with Crippen molar-refractivity contribution < 1.29 is 14.3 Å². The second kappa shape index (κ2) is 5.14. The summed E-state index contributed by atoms with van der Waals surface area (Å²) in [6.07, 6.45) is 0.631. The van der Waals surface area contributed by atoms with Crippen molar-refractivity contribution in [3.05, 3.63) is 16.1 Å². The lowest BCUT2D eigenvalue weighted by atomic mass is 10.5. The molecule has 0 radical (unpaired) electrons. The van der Waals surface area contributed by atoms with E-state index in [1.807, 2.05) is 0 Å². The van der Waals surface area contributed by atoms with E-state index in [9.17, 15) is 9.59 Å². The van der Waals surface area contributed by atoms with Crippen molar-refractivity contribution in [1.29, 1.82) is 0 Å². The maximum Gasteiger partial charge on any atom is 0.384 e. The van der Waals surface area contributed by atoms with Crippen LogP contribution in [0.5, 0.6) is 0 Å². The molecular weight excluding hydrogens is 202 g/mol. The lowest BCUT2D eigenvalue weighted by Gasteiger charge is -1.89. The molecule has 72 valence electrons. The van der Waals surface area contributed by atoms with Gasteiger partial charge in [0.05, 0.1) is 6.61 Å². The Morgan fingerprint density at radius 1 is 1.79 bits per heavy atom. The highest BCUT2D eigenvalue weighted by Crippen LogP contribution is 2.05. The molecule has 1 heterocycles. The van der Waals surface area contributed by atoms with Crippen molar-refractivity contribution in [2.24, 2.45) is 0 Å². The van der Waals surface area contributed by atoms with Gasteiger partial charge in [-0.15, -0.1) is 11.3 Å². The number of hydrogen-bond donors (Lipinski definition) is 0. The summed E-state index contributed by atoms with van der Waals surface area (Å²) < 4.78 is 4.59. The number of ether oxygens (including phenoxy) is 1. The monoisotopic (exact) mass is 209 g/mol. The van der Waals surface area contributed by atoms with E-state index in [1.165, 1.54) is 11.3 Å². The van der Waals surface area contributed by atoms with E-state index in [1.54, 1.807) is 12.3 Å². The van der Waals surface area contributed by atoms with Crippen LogP contribution >= 0.6 is 11.3 Å². The van der Waals surface area contributed by atoms with E-state index < -0.39 is 5.97 Å². The van der Waals surface area contributed by atoms with E-state index in [0.717, 1.165) is 0 Å². The van der Waals surface area contributed by atoms with Crippen molar-refractivity contribution in [1.82, 2.24) is 4.98 Å². The molecule has 0 amide bonds. The molecular formula is C9H7NO3S. The first-order valence-electron chi connectivity index (χ1n) is 3.85. The molecule has 1 aromatic heterocycles. The van der Waals surface area contributed by atoms with Gasteiger partial charge in [-0.05, 0) is 12.8 Å². The fraction of sp³-hybridized carbons (Fsp3) is 0.222. The largest absolute Gasteiger partial charge is 0.456 e. The zero-order valence-electron chi connectivity index (χ0n) is 7.44. The molecule has 1 aromatic rings. The third-order valence-electron chi connectivity index (χ3n) is 1.19. The maximum absolute atomic E-state index is 10.8.